The van der Waals surface area contributed by atoms with Crippen LogP contribution in [-0.2, 0) is 71.0 Å². The maximum Gasteiger partial charge on any atom is 0.333 e. The lowest BCUT2D eigenvalue weighted by Crippen LogP contribution is -2.31. The van der Waals surface area contributed by atoms with Crippen LogP contribution < -0.4 is 9.74 Å². The zero-order valence-electron chi connectivity index (χ0n) is 43.1. The van der Waals surface area contributed by atoms with E-state index < -0.39 is 104 Å². The van der Waals surface area contributed by atoms with Gasteiger partial charge in [0.15, 0.2) is 5.71 Å². The monoisotopic (exact) mass is 1220 g/mol. The van der Waals surface area contributed by atoms with Crippen molar-refractivity contribution in [3.05, 3.63) is 118 Å². The van der Waals surface area contributed by atoms with Crippen LogP contribution in [0.15, 0.2) is 126 Å². The maximum absolute atomic E-state index is 13.0. The lowest BCUT2D eigenvalue weighted by Gasteiger charge is -2.31. The summed E-state index contributed by atoms with van der Waals surface area (Å²) in [6.45, 7) is 5.60. The van der Waals surface area contributed by atoms with Gasteiger partial charge in [0.25, 0.3) is 50.6 Å². The molecule has 1 aromatic heterocycles. The van der Waals surface area contributed by atoms with Crippen molar-refractivity contribution in [3.63, 3.8) is 0 Å². The molecule has 0 bridgehead atoms. The first kappa shape index (κ1) is 60.1. The third kappa shape index (κ3) is 11.8. The molecule has 4 aromatic carbocycles. The number of rotatable bonds is 19. The Morgan fingerprint density at radius 3 is 1.84 bits per heavy atom. The fraction of sp³-hybridized carbons (Fsp3) is 0.333. The highest BCUT2D eigenvalue weighted by molar-refractivity contribution is 7.87. The van der Waals surface area contributed by atoms with Gasteiger partial charge < -0.3 is 24.7 Å². The Morgan fingerprint density at radius 2 is 1.29 bits per heavy atom. The van der Waals surface area contributed by atoms with E-state index >= 15 is 0 Å². The minimum atomic E-state index is -5.12. The van der Waals surface area contributed by atoms with Crippen LogP contribution in [0.3, 0.4) is 0 Å². The molecule has 0 spiro atoms. The number of anilines is 1. The molecule has 3 aliphatic rings. The quantitative estimate of drug-likeness (QED) is 0.0319. The van der Waals surface area contributed by atoms with E-state index in [1.807, 2.05) is 9.48 Å². The second kappa shape index (κ2) is 21.7. The van der Waals surface area contributed by atoms with Crippen molar-refractivity contribution in [1.29, 1.82) is 0 Å². The molecular formula is C51H55ClN3O20S5+. The molecule has 3 heterocycles. The zero-order valence-corrected chi connectivity index (χ0v) is 47.9. The lowest BCUT2D eigenvalue weighted by molar-refractivity contribution is -0.438. The van der Waals surface area contributed by atoms with Crippen molar-refractivity contribution >= 4 is 107 Å². The van der Waals surface area contributed by atoms with Gasteiger partial charge >= 0.3 is 5.97 Å². The summed E-state index contributed by atoms with van der Waals surface area (Å²) in [5.41, 5.74) is 1.39. The Labute approximate surface area is 466 Å². The van der Waals surface area contributed by atoms with Crippen LogP contribution in [-0.4, -0.2) is 129 Å². The normalized spacial score (nSPS) is 19.1. The van der Waals surface area contributed by atoms with Crippen LogP contribution in [0.25, 0.3) is 21.5 Å². The molecule has 2 aliphatic heterocycles. The van der Waals surface area contributed by atoms with Gasteiger partial charge in [-0.3, -0.25) is 22.8 Å². The van der Waals surface area contributed by atoms with E-state index in [2.05, 4.69) is 0 Å². The molecule has 7 N–H and O–H groups in total. The van der Waals surface area contributed by atoms with Gasteiger partial charge in [0.05, 0.1) is 34.0 Å². The van der Waals surface area contributed by atoms with Gasteiger partial charge in [0.1, 0.15) is 16.3 Å². The number of aromatic hydroxyl groups is 2. The van der Waals surface area contributed by atoms with E-state index in [0.29, 0.717) is 86.2 Å². The maximum atomic E-state index is 13.0. The molecule has 1 aliphatic carbocycles. The Balaban J connectivity index is 1.26. The summed E-state index contributed by atoms with van der Waals surface area (Å²) in [6.07, 6.45) is 8.09. The summed E-state index contributed by atoms with van der Waals surface area (Å²) in [4.78, 5) is 16.7. The summed E-state index contributed by atoms with van der Waals surface area (Å²) in [7, 11) is -23.4. The highest BCUT2D eigenvalue weighted by atomic mass is 35.5. The Kier molecular flexibility index (Phi) is 16.3. The number of aromatic nitrogens is 1. The van der Waals surface area contributed by atoms with E-state index in [4.69, 9.17) is 21.2 Å². The molecular weight excluding hydrogens is 1170 g/mol. The number of methoxy groups -OCH3 is 1. The van der Waals surface area contributed by atoms with E-state index in [1.54, 1.807) is 57.2 Å². The summed E-state index contributed by atoms with van der Waals surface area (Å²) in [5, 5.41) is 20.2. The molecule has 0 saturated heterocycles. The van der Waals surface area contributed by atoms with Gasteiger partial charge in [0, 0.05) is 82.5 Å². The third-order valence-corrected chi connectivity index (χ3v) is 19.2. The minimum absolute atomic E-state index is 0.00666. The second-order valence-electron chi connectivity index (χ2n) is 20.1. The van der Waals surface area contributed by atoms with Gasteiger partial charge in [0.2, 0.25) is 17.4 Å². The average Bonchev–Trinajstić information content (AvgIpc) is 3.91. The fourth-order valence-electron chi connectivity index (χ4n) is 11.0. The van der Waals surface area contributed by atoms with Crippen molar-refractivity contribution in [2.75, 3.05) is 37.5 Å². The number of benzene rings is 4. The largest absolute Gasteiger partial charge is 0.492 e. The van der Waals surface area contributed by atoms with E-state index in [-0.39, 0.29) is 66.9 Å². The Morgan fingerprint density at radius 1 is 0.713 bits per heavy atom. The molecule has 0 saturated carbocycles. The molecule has 80 heavy (non-hydrogen) atoms. The van der Waals surface area contributed by atoms with Crippen LogP contribution in [0.1, 0.15) is 76.8 Å². The summed E-state index contributed by atoms with van der Waals surface area (Å²) in [5.74, 6) is -2.59. The first-order valence-corrected chi connectivity index (χ1v) is 32.1. The predicted molar refractivity (Wildman–Crippen MR) is 293 cm³/mol. The molecule has 23 nitrogen and oxygen atoms in total. The number of carbonyl (C=O) groups excluding carboxylic acids is 1. The van der Waals surface area contributed by atoms with Crippen molar-refractivity contribution in [2.24, 2.45) is 0 Å². The highest BCUT2D eigenvalue weighted by Crippen LogP contribution is 2.54. The SMILES string of the molecule is COCCN1C(=CC=C2CCCC(C=CC3=[N+](CCCC(=O)On4c(O)ccc4O)c4ccc5c(S(=O)(=O)O)cc(S(=O)(=O)O)cc5c4C3(C)C)=C2Cl)C(C)(CCCS(=O)(=O)O)c2c1ccc1c(S(=O)(=O)O)cc(S(=O)(=O)O)cc21. The molecule has 5 aromatic rings. The van der Waals surface area contributed by atoms with Gasteiger partial charge in [-0.05, 0) is 123 Å². The first-order chi connectivity index (χ1) is 37.1. The molecule has 1 atom stereocenters. The van der Waals surface area contributed by atoms with Gasteiger partial charge in [-0.1, -0.05) is 29.8 Å². The molecule has 8 rings (SSSR count). The van der Waals surface area contributed by atoms with Crippen LogP contribution in [0.4, 0.5) is 11.4 Å². The van der Waals surface area contributed by atoms with Crippen LogP contribution in [0.5, 0.6) is 11.8 Å². The van der Waals surface area contributed by atoms with Gasteiger partial charge in [-0.25, -0.2) is 4.79 Å². The number of fused-ring (bicyclic) bond motifs is 6. The summed E-state index contributed by atoms with van der Waals surface area (Å²) < 4.78 is 184. The minimum Gasteiger partial charge on any atom is -0.492 e. The Hall–Kier alpha value is -6.02. The summed E-state index contributed by atoms with van der Waals surface area (Å²) >= 11 is 7.29. The molecule has 0 radical (unpaired) electrons. The smallest absolute Gasteiger partial charge is 0.333 e. The van der Waals surface area contributed by atoms with Crippen molar-refractivity contribution < 1.29 is 94.0 Å². The van der Waals surface area contributed by atoms with E-state index in [1.165, 1.54) is 19.2 Å². The van der Waals surface area contributed by atoms with Crippen molar-refractivity contribution in [2.45, 2.75) is 96.1 Å². The number of carbonyl (C=O) groups is 1. The predicted octanol–water partition coefficient (Wildman–Crippen LogP) is 7.14. The Bertz CT molecular complexity index is 4180. The molecule has 430 valence electrons. The zero-order chi connectivity index (χ0) is 58.9. The van der Waals surface area contributed by atoms with Gasteiger partial charge in [-0.2, -0.15) is 46.7 Å². The van der Waals surface area contributed by atoms with Crippen LogP contribution >= 0.6 is 11.6 Å². The number of allylic oxidation sites excluding steroid dienone is 8. The molecule has 0 fully saturated rings. The topological polar surface area (TPSA) is 359 Å². The fourth-order valence-corrected chi connectivity index (χ4v) is 14.5. The van der Waals surface area contributed by atoms with Crippen LogP contribution in [0.2, 0.25) is 0 Å². The van der Waals surface area contributed by atoms with E-state index in [9.17, 15) is 79.9 Å². The number of nitrogens with zero attached hydrogens (tertiary/aromatic N) is 3. The van der Waals surface area contributed by atoms with Crippen LogP contribution in [0, 0.1) is 0 Å². The number of hydrogen-bond acceptors (Lipinski definition) is 16. The van der Waals surface area contributed by atoms with Crippen molar-refractivity contribution in [1.82, 2.24) is 4.73 Å². The number of ether oxygens (including phenoxy) is 1. The lowest BCUT2D eigenvalue weighted by atomic mass is 9.75. The highest BCUT2D eigenvalue weighted by Gasteiger charge is 2.47. The first-order valence-electron chi connectivity index (χ1n) is 24.4. The number of halogens is 1. The second-order valence-corrected chi connectivity index (χ2v) is 27.6. The molecule has 1 unspecified atom stereocenters. The number of hydrogen-bond donors (Lipinski definition) is 7. The summed E-state index contributed by atoms with van der Waals surface area (Å²) in [6, 6.07) is 11.5. The third-order valence-electron chi connectivity index (χ3n) is 14.5. The molecule has 0 amide bonds. The van der Waals surface area contributed by atoms with Gasteiger partial charge in [-0.15, -0.1) is 4.73 Å². The molecule has 29 heteroatoms. The van der Waals surface area contributed by atoms with Crippen molar-refractivity contribution in [3.8, 4) is 11.8 Å². The van der Waals surface area contributed by atoms with E-state index in [0.717, 1.165) is 24.3 Å². The standard InChI is InChI=1S/C51H54ClN3O20S5/c1-50(2)42(53(22-6-10-46(58)75-55-44(56)19-20-45(55)57)38-15-13-34-36(47(38)50)26-32(77(62,63)64)28-40(34)79(68,69)70)17-11-30-8-5-9-31(49(30)52)12-18-43-51(3,21-7-25-76(59,60)61)48-37-27-33(78(65,66)67)29-41(80(71,72)73)35(37)14-16-39(48)54(43)23-24-74-4/h11-20,26-29H,5-10,21-25H2,1-4H3,(H6-,56,57,59,60,61,62,63,64,65,66,67,68,69,70,71,72,73)/p+1. The average molecular weight is 1230 g/mol.